The van der Waals surface area contributed by atoms with Crippen LogP contribution in [0, 0.1) is 18.6 Å². The van der Waals surface area contributed by atoms with E-state index in [0.717, 1.165) is 16.7 Å². The Bertz CT molecular complexity index is 750. The van der Waals surface area contributed by atoms with Crippen LogP contribution in [0.4, 0.5) is 8.78 Å². The predicted molar refractivity (Wildman–Crippen MR) is 63.2 cm³/mol. The minimum Gasteiger partial charge on any atom is -0.494 e. The lowest BCUT2D eigenvalue weighted by Crippen LogP contribution is -2.31. The number of benzene rings is 1. The minimum absolute atomic E-state index is 0.0258. The molecule has 0 saturated heterocycles. The number of rotatable bonds is 2. The molecule has 100 valence electrons. The Labute approximate surface area is 105 Å². The zero-order chi connectivity index (χ0) is 14.2. The number of nitrogens with one attached hydrogen (secondary N) is 1. The smallest absolute Gasteiger partial charge is 0.331 e. The van der Waals surface area contributed by atoms with Gasteiger partial charge in [-0.05, 0) is 24.6 Å². The molecule has 0 atom stereocenters. The van der Waals surface area contributed by atoms with E-state index >= 15 is 0 Å². The Morgan fingerprint density at radius 3 is 2.58 bits per heavy atom. The van der Waals surface area contributed by atoms with Crippen LogP contribution in [0.1, 0.15) is 11.1 Å². The van der Waals surface area contributed by atoms with Crippen LogP contribution in [0.15, 0.2) is 27.8 Å². The van der Waals surface area contributed by atoms with Gasteiger partial charge in [0.05, 0.1) is 12.1 Å². The largest absolute Gasteiger partial charge is 0.494 e. The molecule has 2 rings (SSSR count). The lowest BCUT2D eigenvalue weighted by Gasteiger charge is -2.09. The van der Waals surface area contributed by atoms with E-state index in [9.17, 15) is 23.5 Å². The second-order valence-corrected chi connectivity index (χ2v) is 4.04. The van der Waals surface area contributed by atoms with E-state index in [1.54, 1.807) is 0 Å². The quantitative estimate of drug-likeness (QED) is 0.849. The van der Waals surface area contributed by atoms with Gasteiger partial charge in [-0.15, -0.1) is 0 Å². The second-order valence-electron chi connectivity index (χ2n) is 4.04. The molecule has 2 aromatic rings. The van der Waals surface area contributed by atoms with Gasteiger partial charge >= 0.3 is 5.69 Å². The van der Waals surface area contributed by atoms with Gasteiger partial charge in [0.15, 0.2) is 11.6 Å². The molecule has 0 spiro atoms. The van der Waals surface area contributed by atoms with Crippen molar-refractivity contribution >= 4 is 0 Å². The summed E-state index contributed by atoms with van der Waals surface area (Å²) in [5, 5.41) is 9.72. The van der Waals surface area contributed by atoms with Crippen molar-refractivity contribution in [3.8, 4) is 5.88 Å². The van der Waals surface area contributed by atoms with E-state index in [4.69, 9.17) is 0 Å². The Hall–Kier alpha value is -2.44. The van der Waals surface area contributed by atoms with Crippen molar-refractivity contribution in [1.82, 2.24) is 9.55 Å². The summed E-state index contributed by atoms with van der Waals surface area (Å²) < 4.78 is 26.7. The van der Waals surface area contributed by atoms with E-state index in [1.165, 1.54) is 13.0 Å². The maximum absolute atomic E-state index is 13.0. The van der Waals surface area contributed by atoms with Crippen LogP contribution in [0.2, 0.25) is 0 Å². The number of hydrogen-bond donors (Lipinski definition) is 2. The molecule has 0 unspecified atom stereocenters. The summed E-state index contributed by atoms with van der Waals surface area (Å²) in [4.78, 5) is 24.8. The standard InChI is InChI=1S/C12H10F2N2O3/c1-6-10(17)15-12(19)16(11(6)18)5-7-2-3-8(13)9(14)4-7/h2-4,18H,5H2,1H3,(H,15,17,19). The molecule has 0 fully saturated rings. The Morgan fingerprint density at radius 1 is 1.26 bits per heavy atom. The maximum Gasteiger partial charge on any atom is 0.331 e. The summed E-state index contributed by atoms with van der Waals surface area (Å²) in [6.07, 6.45) is 0. The molecule has 0 aliphatic carbocycles. The minimum atomic E-state index is -1.05. The van der Waals surface area contributed by atoms with Gasteiger partial charge < -0.3 is 5.11 Å². The van der Waals surface area contributed by atoms with Gasteiger partial charge in [-0.2, -0.15) is 0 Å². The predicted octanol–water partition coefficient (Wildman–Crippen LogP) is 0.877. The summed E-state index contributed by atoms with van der Waals surface area (Å²) >= 11 is 0. The summed E-state index contributed by atoms with van der Waals surface area (Å²) in [6, 6.07) is 3.12. The third-order valence-electron chi connectivity index (χ3n) is 2.72. The number of nitrogens with zero attached hydrogens (tertiary/aromatic N) is 1. The van der Waals surface area contributed by atoms with E-state index < -0.39 is 28.8 Å². The number of aromatic amines is 1. The molecule has 0 saturated carbocycles. The van der Waals surface area contributed by atoms with Gasteiger partial charge in [0, 0.05) is 0 Å². The third-order valence-corrected chi connectivity index (χ3v) is 2.72. The second kappa shape index (κ2) is 4.68. The highest BCUT2D eigenvalue weighted by molar-refractivity contribution is 5.24. The molecule has 0 aliphatic heterocycles. The first-order valence-corrected chi connectivity index (χ1v) is 5.36. The highest BCUT2D eigenvalue weighted by atomic mass is 19.2. The molecular formula is C12H10F2N2O3. The summed E-state index contributed by atoms with van der Waals surface area (Å²) in [5.41, 5.74) is -1.26. The average Bonchev–Trinajstić information content (AvgIpc) is 2.36. The molecule has 0 radical (unpaired) electrons. The molecule has 7 heteroatoms. The number of H-pyrrole nitrogens is 1. The first-order chi connectivity index (χ1) is 8.90. The van der Waals surface area contributed by atoms with Crippen LogP contribution in [0.5, 0.6) is 5.88 Å². The van der Waals surface area contributed by atoms with Crippen LogP contribution in [-0.4, -0.2) is 14.7 Å². The van der Waals surface area contributed by atoms with E-state index in [0.29, 0.717) is 0 Å². The third kappa shape index (κ3) is 2.40. The van der Waals surface area contributed by atoms with Crippen molar-refractivity contribution in [2.45, 2.75) is 13.5 Å². The van der Waals surface area contributed by atoms with Gasteiger partial charge in [0.2, 0.25) is 5.88 Å². The van der Waals surface area contributed by atoms with Crippen LogP contribution < -0.4 is 11.2 Å². The van der Waals surface area contributed by atoms with Gasteiger partial charge in [-0.25, -0.2) is 13.6 Å². The van der Waals surface area contributed by atoms with E-state index in [1.807, 2.05) is 4.98 Å². The fourth-order valence-corrected chi connectivity index (χ4v) is 1.63. The molecule has 1 heterocycles. The highest BCUT2D eigenvalue weighted by Gasteiger charge is 2.11. The molecular weight excluding hydrogens is 258 g/mol. The van der Waals surface area contributed by atoms with Crippen molar-refractivity contribution in [3.63, 3.8) is 0 Å². The van der Waals surface area contributed by atoms with Crippen LogP contribution in [-0.2, 0) is 6.54 Å². The molecule has 19 heavy (non-hydrogen) atoms. The van der Waals surface area contributed by atoms with Crippen LogP contribution in [0.3, 0.4) is 0 Å². The average molecular weight is 268 g/mol. The number of hydrogen-bond acceptors (Lipinski definition) is 3. The molecule has 0 amide bonds. The van der Waals surface area contributed by atoms with Crippen molar-refractivity contribution in [2.75, 3.05) is 0 Å². The topological polar surface area (TPSA) is 75.1 Å². The summed E-state index contributed by atoms with van der Waals surface area (Å²) in [7, 11) is 0. The first kappa shape index (κ1) is 13.0. The first-order valence-electron chi connectivity index (χ1n) is 5.36. The SMILES string of the molecule is Cc1c(O)n(Cc2ccc(F)c(F)c2)c(=O)[nH]c1=O. The van der Waals surface area contributed by atoms with Gasteiger partial charge in [-0.3, -0.25) is 14.3 Å². The number of halogens is 2. The number of aromatic hydroxyl groups is 1. The maximum atomic E-state index is 13.0. The van der Waals surface area contributed by atoms with Gasteiger partial charge in [-0.1, -0.05) is 6.07 Å². The monoisotopic (exact) mass is 268 g/mol. The molecule has 2 N–H and O–H groups in total. The molecule has 0 bridgehead atoms. The van der Waals surface area contributed by atoms with Crippen molar-refractivity contribution in [2.24, 2.45) is 0 Å². The molecule has 5 nitrogen and oxygen atoms in total. The zero-order valence-electron chi connectivity index (χ0n) is 9.91. The molecule has 1 aromatic heterocycles. The van der Waals surface area contributed by atoms with Crippen molar-refractivity contribution < 1.29 is 13.9 Å². The van der Waals surface area contributed by atoms with Gasteiger partial charge in [0.1, 0.15) is 0 Å². The Balaban J connectivity index is 2.49. The van der Waals surface area contributed by atoms with Crippen LogP contribution in [0.25, 0.3) is 0 Å². The van der Waals surface area contributed by atoms with E-state index in [-0.39, 0.29) is 17.7 Å². The summed E-state index contributed by atoms with van der Waals surface area (Å²) in [5.74, 6) is -2.55. The number of aromatic nitrogens is 2. The van der Waals surface area contributed by atoms with Gasteiger partial charge in [0.25, 0.3) is 5.56 Å². The lowest BCUT2D eigenvalue weighted by atomic mass is 10.2. The molecule has 1 aromatic carbocycles. The molecule has 0 aliphatic rings. The van der Waals surface area contributed by atoms with Crippen LogP contribution >= 0.6 is 0 Å². The fourth-order valence-electron chi connectivity index (χ4n) is 1.63. The lowest BCUT2D eigenvalue weighted by molar-refractivity contribution is 0.404. The fraction of sp³-hybridized carbons (Fsp3) is 0.167. The Morgan fingerprint density at radius 2 is 1.95 bits per heavy atom. The van der Waals surface area contributed by atoms with E-state index in [2.05, 4.69) is 0 Å². The zero-order valence-corrected chi connectivity index (χ0v) is 9.91. The summed E-state index contributed by atoms with van der Waals surface area (Å²) in [6.45, 7) is 1.16. The Kier molecular flexibility index (Phi) is 3.20. The van der Waals surface area contributed by atoms with Crippen molar-refractivity contribution in [1.29, 1.82) is 0 Å². The van der Waals surface area contributed by atoms with Crippen molar-refractivity contribution in [3.05, 3.63) is 61.8 Å². The highest BCUT2D eigenvalue weighted by Crippen LogP contribution is 2.13. The normalized spacial score (nSPS) is 10.7.